The van der Waals surface area contributed by atoms with Gasteiger partial charge in [-0.1, -0.05) is 12.1 Å². The van der Waals surface area contributed by atoms with Crippen molar-refractivity contribution in [3.63, 3.8) is 0 Å². The van der Waals surface area contributed by atoms with E-state index in [1.165, 1.54) is 18.2 Å². The van der Waals surface area contributed by atoms with Crippen molar-refractivity contribution in [2.75, 3.05) is 6.61 Å². The molecule has 2 aromatic carbocycles. The summed E-state index contributed by atoms with van der Waals surface area (Å²) in [5.74, 6) is 0.0997. The molecule has 0 bridgehead atoms. The average Bonchev–Trinajstić information content (AvgIpc) is 3.12. The second kappa shape index (κ2) is 9.34. The molecule has 0 aromatic heterocycles. The number of amides is 1. The molecular formula is C21H20F4N2O4. The Balaban J connectivity index is 1.74. The Labute approximate surface area is 175 Å². The van der Waals surface area contributed by atoms with Crippen LogP contribution in [-0.2, 0) is 6.61 Å². The minimum absolute atomic E-state index is 0.0333. The molecule has 0 saturated heterocycles. The number of carbonyl (C=O) groups excluding carboxylic acids is 1. The number of rotatable bonds is 8. The predicted octanol–water partition coefficient (Wildman–Crippen LogP) is 4.09. The second-order valence-electron chi connectivity index (χ2n) is 6.76. The van der Waals surface area contributed by atoms with E-state index in [0.29, 0.717) is 23.7 Å². The van der Waals surface area contributed by atoms with Gasteiger partial charge in [-0.25, -0.2) is 17.6 Å². The summed E-state index contributed by atoms with van der Waals surface area (Å²) in [4.78, 5) is 12.7. The van der Waals surface area contributed by atoms with Gasteiger partial charge in [0.15, 0.2) is 0 Å². The number of hydrogen-bond acceptors (Lipinski definition) is 5. The summed E-state index contributed by atoms with van der Waals surface area (Å²) in [6.07, 6.45) is -7.78. The van der Waals surface area contributed by atoms with Gasteiger partial charge in [-0.05, 0) is 48.9 Å². The molecule has 2 aromatic rings. The van der Waals surface area contributed by atoms with Gasteiger partial charge >= 0.3 is 0 Å². The van der Waals surface area contributed by atoms with Gasteiger partial charge in [0.25, 0.3) is 18.8 Å². The first-order valence-electron chi connectivity index (χ1n) is 9.39. The monoisotopic (exact) mass is 440 g/mol. The Hall–Kier alpha value is -3.14. The summed E-state index contributed by atoms with van der Waals surface area (Å²) in [6, 6.07) is 12.7. The molecule has 1 aliphatic heterocycles. The molecule has 1 heterocycles. The lowest BCUT2D eigenvalue weighted by Gasteiger charge is -2.30. The van der Waals surface area contributed by atoms with Gasteiger partial charge < -0.3 is 14.6 Å². The molecule has 0 spiro atoms. The fourth-order valence-electron chi connectivity index (χ4n) is 2.99. The summed E-state index contributed by atoms with van der Waals surface area (Å²) >= 11 is 0. The van der Waals surface area contributed by atoms with Crippen LogP contribution < -0.4 is 9.47 Å². The van der Waals surface area contributed by atoms with Crippen molar-refractivity contribution >= 4 is 11.6 Å². The first-order chi connectivity index (χ1) is 14.7. The number of hydrazone groups is 1. The molecule has 1 amide bonds. The maximum atomic E-state index is 13.4. The van der Waals surface area contributed by atoms with Crippen LogP contribution in [0, 0.1) is 0 Å². The predicted molar refractivity (Wildman–Crippen MR) is 104 cm³/mol. The van der Waals surface area contributed by atoms with E-state index in [9.17, 15) is 27.5 Å². The second-order valence-corrected chi connectivity index (χ2v) is 6.76. The van der Waals surface area contributed by atoms with Crippen LogP contribution in [0.5, 0.6) is 11.5 Å². The zero-order valence-electron chi connectivity index (χ0n) is 16.5. The molecule has 0 aliphatic carbocycles. The van der Waals surface area contributed by atoms with Crippen molar-refractivity contribution in [2.24, 2.45) is 5.10 Å². The maximum absolute atomic E-state index is 13.4. The molecule has 3 rings (SSSR count). The van der Waals surface area contributed by atoms with Crippen LogP contribution in [0.3, 0.4) is 0 Å². The largest absolute Gasteiger partial charge is 0.494 e. The first kappa shape index (κ1) is 22.5. The lowest BCUT2D eigenvalue weighted by molar-refractivity contribution is -0.164. The van der Waals surface area contributed by atoms with Gasteiger partial charge in [0.1, 0.15) is 23.8 Å². The molecule has 1 atom stereocenters. The summed E-state index contributed by atoms with van der Waals surface area (Å²) in [5, 5.41) is 13.4. The van der Waals surface area contributed by atoms with Crippen LogP contribution in [0.25, 0.3) is 0 Å². The highest BCUT2D eigenvalue weighted by atomic mass is 19.3. The van der Waals surface area contributed by atoms with E-state index in [-0.39, 0.29) is 17.2 Å². The number of benzene rings is 2. The number of ether oxygens (including phenoxy) is 2. The summed E-state index contributed by atoms with van der Waals surface area (Å²) in [7, 11) is 0. The van der Waals surface area contributed by atoms with Crippen LogP contribution in [0.4, 0.5) is 17.6 Å². The zero-order chi connectivity index (χ0) is 22.6. The number of carbonyl (C=O) groups is 1. The molecular weight excluding hydrogens is 420 g/mol. The standard InChI is InChI=1S/C21H20F4N2O4/c1-2-30-15-6-8-16(9-7-15)31-12-13-4-3-5-14(10-13)19(28)27-21(29,20(24)25)11-17(26-27)18(22)23/h3-10,18,20,29H,2,11-12H2,1H3. The van der Waals surface area contributed by atoms with Crippen molar-refractivity contribution in [1.82, 2.24) is 5.01 Å². The quantitative estimate of drug-likeness (QED) is 0.628. The van der Waals surface area contributed by atoms with E-state index < -0.39 is 36.6 Å². The lowest BCUT2D eigenvalue weighted by atomic mass is 10.1. The first-order valence-corrected chi connectivity index (χ1v) is 9.39. The zero-order valence-corrected chi connectivity index (χ0v) is 16.5. The highest BCUT2D eigenvalue weighted by Gasteiger charge is 2.53. The van der Waals surface area contributed by atoms with Gasteiger partial charge in [0.05, 0.1) is 6.61 Å². The van der Waals surface area contributed by atoms with Gasteiger partial charge in [-0.2, -0.15) is 10.1 Å². The Morgan fingerprint density at radius 3 is 2.35 bits per heavy atom. The van der Waals surface area contributed by atoms with Crippen LogP contribution in [0.15, 0.2) is 53.6 Å². The Morgan fingerprint density at radius 2 is 1.77 bits per heavy atom. The van der Waals surface area contributed by atoms with Crippen molar-refractivity contribution < 1.29 is 36.9 Å². The smallest absolute Gasteiger partial charge is 0.287 e. The fourth-order valence-corrected chi connectivity index (χ4v) is 2.99. The number of alkyl halides is 4. The summed E-state index contributed by atoms with van der Waals surface area (Å²) in [6.45, 7) is 2.45. The third-order valence-corrected chi connectivity index (χ3v) is 4.54. The topological polar surface area (TPSA) is 71.4 Å². The van der Waals surface area contributed by atoms with E-state index in [4.69, 9.17) is 9.47 Å². The molecule has 0 saturated carbocycles. The highest BCUT2D eigenvalue weighted by molar-refractivity contribution is 5.99. The Morgan fingerprint density at radius 1 is 1.13 bits per heavy atom. The number of nitrogens with zero attached hydrogens (tertiary/aromatic N) is 2. The van der Waals surface area contributed by atoms with Gasteiger partial charge in [-0.3, -0.25) is 4.79 Å². The van der Waals surface area contributed by atoms with Crippen LogP contribution in [0.2, 0.25) is 0 Å². The molecule has 166 valence electrons. The van der Waals surface area contributed by atoms with Crippen LogP contribution in [0.1, 0.15) is 29.3 Å². The van der Waals surface area contributed by atoms with Gasteiger partial charge in [-0.15, -0.1) is 0 Å². The number of aliphatic hydroxyl groups is 1. The highest BCUT2D eigenvalue weighted by Crippen LogP contribution is 2.34. The fraction of sp³-hybridized carbons (Fsp3) is 0.333. The molecule has 1 aliphatic rings. The van der Waals surface area contributed by atoms with Crippen LogP contribution in [-0.4, -0.2) is 46.9 Å². The van der Waals surface area contributed by atoms with Crippen molar-refractivity contribution in [1.29, 1.82) is 0 Å². The van der Waals surface area contributed by atoms with E-state index >= 15 is 0 Å². The molecule has 31 heavy (non-hydrogen) atoms. The Kier molecular flexibility index (Phi) is 6.79. The minimum atomic E-state index is -3.48. The van der Waals surface area contributed by atoms with Gasteiger partial charge in [0.2, 0.25) is 5.72 Å². The minimum Gasteiger partial charge on any atom is -0.494 e. The lowest BCUT2D eigenvalue weighted by Crippen LogP contribution is -2.51. The average molecular weight is 440 g/mol. The van der Waals surface area contributed by atoms with Crippen molar-refractivity contribution in [3.8, 4) is 11.5 Å². The molecule has 10 heteroatoms. The summed E-state index contributed by atoms with van der Waals surface area (Å²) in [5.41, 5.74) is -3.69. The van der Waals surface area contributed by atoms with Crippen molar-refractivity contribution in [2.45, 2.75) is 38.5 Å². The van der Waals surface area contributed by atoms with E-state index in [1.807, 2.05) is 6.92 Å². The third kappa shape index (κ3) is 4.96. The van der Waals surface area contributed by atoms with Crippen LogP contribution >= 0.6 is 0 Å². The third-order valence-electron chi connectivity index (χ3n) is 4.54. The normalized spacial score (nSPS) is 18.5. The number of halogens is 4. The van der Waals surface area contributed by atoms with Crippen molar-refractivity contribution in [3.05, 3.63) is 59.7 Å². The van der Waals surface area contributed by atoms with E-state index in [2.05, 4.69) is 5.10 Å². The maximum Gasteiger partial charge on any atom is 0.287 e. The molecule has 1 N–H and O–H groups in total. The Bertz CT molecular complexity index is 953. The molecule has 0 radical (unpaired) electrons. The number of hydrogen-bond donors (Lipinski definition) is 1. The summed E-state index contributed by atoms with van der Waals surface area (Å²) < 4.78 is 63.6. The molecule has 0 fully saturated rings. The van der Waals surface area contributed by atoms with E-state index in [1.54, 1.807) is 30.3 Å². The van der Waals surface area contributed by atoms with E-state index in [0.717, 1.165) is 0 Å². The SMILES string of the molecule is CCOc1ccc(OCc2cccc(C(=O)N3N=C(C(F)F)CC3(O)C(F)F)c2)cc1. The van der Waals surface area contributed by atoms with Gasteiger partial charge in [0, 0.05) is 12.0 Å². The molecule has 1 unspecified atom stereocenters. The molecule has 6 nitrogen and oxygen atoms in total.